The van der Waals surface area contributed by atoms with Gasteiger partial charge in [-0.2, -0.15) is 0 Å². The summed E-state index contributed by atoms with van der Waals surface area (Å²) in [5.41, 5.74) is 0. The summed E-state index contributed by atoms with van der Waals surface area (Å²) in [4.78, 5) is 20.8. The molecule has 1 heterocycles. The number of Topliss-reactive ketones (excluding diaryl/α,β-unsaturated/α-hetero) is 1. The second kappa shape index (κ2) is 2.79. The maximum Gasteiger partial charge on any atom is 0.304 e. The number of rotatable bonds is 1. The van der Waals surface area contributed by atoms with Crippen molar-refractivity contribution in [2.75, 3.05) is 6.61 Å². The van der Waals surface area contributed by atoms with E-state index in [0.717, 1.165) is 0 Å². The molecule has 56 valence electrons. The lowest BCUT2D eigenvalue weighted by Gasteiger charge is -2.06. The molecule has 1 aliphatic heterocycles. The molecule has 10 heavy (non-hydrogen) atoms. The lowest BCUT2D eigenvalue weighted by molar-refractivity contribution is -0.166. The van der Waals surface area contributed by atoms with Gasteiger partial charge in [0.15, 0.2) is 5.78 Å². The van der Waals surface area contributed by atoms with E-state index >= 15 is 0 Å². The smallest absolute Gasteiger partial charge is 0.304 e. The summed E-state index contributed by atoms with van der Waals surface area (Å²) in [6.07, 6.45) is -0.440. The van der Waals surface area contributed by atoms with Gasteiger partial charge in [-0.1, -0.05) is 0 Å². The molecule has 0 aromatic carbocycles. The number of hydrogen-bond donors (Lipinski definition) is 0. The van der Waals surface area contributed by atoms with Crippen molar-refractivity contribution in [3.8, 4) is 0 Å². The zero-order chi connectivity index (χ0) is 7.56. The Morgan fingerprint density at radius 1 is 1.80 bits per heavy atom. The van der Waals surface area contributed by atoms with Crippen LogP contribution in [0.25, 0.3) is 0 Å². The molecule has 0 aliphatic carbocycles. The van der Waals surface area contributed by atoms with Crippen LogP contribution in [-0.2, 0) is 19.1 Å². The van der Waals surface area contributed by atoms with Gasteiger partial charge < -0.3 is 9.47 Å². The van der Waals surface area contributed by atoms with Crippen LogP contribution in [0.4, 0.5) is 0 Å². The fraction of sp³-hybridized carbons (Fsp3) is 0.667. The Morgan fingerprint density at radius 2 is 2.50 bits per heavy atom. The minimum Gasteiger partial charge on any atom is -0.435 e. The average Bonchev–Trinajstić information content (AvgIpc) is 2.13. The highest BCUT2D eigenvalue weighted by Gasteiger charge is 2.24. The third-order valence-corrected chi connectivity index (χ3v) is 1.12. The average molecular weight is 144 g/mol. The van der Waals surface area contributed by atoms with Crippen LogP contribution < -0.4 is 0 Å². The lowest BCUT2D eigenvalue weighted by atomic mass is 10.3. The predicted molar refractivity (Wildman–Crippen MR) is 31.1 cm³/mol. The van der Waals surface area contributed by atoms with Gasteiger partial charge >= 0.3 is 5.97 Å². The second-order valence-electron chi connectivity index (χ2n) is 2.09. The van der Waals surface area contributed by atoms with Crippen molar-refractivity contribution in [1.82, 2.24) is 0 Å². The lowest BCUT2D eigenvalue weighted by Crippen LogP contribution is -2.14. The van der Waals surface area contributed by atoms with Crippen molar-refractivity contribution in [1.29, 1.82) is 0 Å². The largest absolute Gasteiger partial charge is 0.435 e. The van der Waals surface area contributed by atoms with E-state index in [1.165, 1.54) is 6.92 Å². The summed E-state index contributed by atoms with van der Waals surface area (Å²) < 4.78 is 9.38. The normalized spacial score (nSPS) is 24.9. The van der Waals surface area contributed by atoms with E-state index in [0.29, 0.717) is 0 Å². The summed E-state index contributed by atoms with van der Waals surface area (Å²) in [6, 6.07) is 0. The Morgan fingerprint density at radius 3 is 2.90 bits per heavy atom. The fourth-order valence-corrected chi connectivity index (χ4v) is 0.750. The summed E-state index contributed by atoms with van der Waals surface area (Å²) in [5.74, 6) is -0.439. The van der Waals surface area contributed by atoms with Crippen LogP contribution in [0.2, 0.25) is 0 Å². The Balaban J connectivity index is 2.31. The summed E-state index contributed by atoms with van der Waals surface area (Å²) in [5, 5.41) is 0. The summed E-state index contributed by atoms with van der Waals surface area (Å²) in [6.45, 7) is 1.35. The molecule has 1 rings (SSSR count). The number of ketones is 1. The van der Waals surface area contributed by atoms with Gasteiger partial charge in [0, 0.05) is 6.92 Å². The molecule has 0 amide bonds. The molecule has 0 aromatic heterocycles. The summed E-state index contributed by atoms with van der Waals surface area (Å²) >= 11 is 0. The monoisotopic (exact) mass is 144 g/mol. The molecule has 0 bridgehead atoms. The van der Waals surface area contributed by atoms with Crippen LogP contribution in [-0.4, -0.2) is 24.6 Å². The van der Waals surface area contributed by atoms with Crippen LogP contribution >= 0.6 is 0 Å². The quantitative estimate of drug-likeness (QED) is 0.481. The first kappa shape index (κ1) is 7.21. The van der Waals surface area contributed by atoms with E-state index in [1.54, 1.807) is 0 Å². The maximum atomic E-state index is 10.5. The maximum absolute atomic E-state index is 10.5. The molecule has 0 radical (unpaired) electrons. The van der Waals surface area contributed by atoms with Gasteiger partial charge in [-0.05, 0) is 0 Å². The standard InChI is InChI=1S/C6H8O4/c1-4(7)10-6-2-5(8)3-9-6/h6H,2-3H2,1H3. The highest BCUT2D eigenvalue weighted by molar-refractivity contribution is 5.81. The summed E-state index contributed by atoms with van der Waals surface area (Å²) in [7, 11) is 0. The highest BCUT2D eigenvalue weighted by Crippen LogP contribution is 2.09. The van der Waals surface area contributed by atoms with Gasteiger partial charge in [0.1, 0.15) is 6.61 Å². The third-order valence-electron chi connectivity index (χ3n) is 1.12. The van der Waals surface area contributed by atoms with Crippen molar-refractivity contribution in [3.05, 3.63) is 0 Å². The van der Waals surface area contributed by atoms with Gasteiger partial charge in [-0.3, -0.25) is 9.59 Å². The van der Waals surface area contributed by atoms with Gasteiger partial charge in [0.05, 0.1) is 6.42 Å². The second-order valence-corrected chi connectivity index (χ2v) is 2.09. The molecule has 0 saturated carbocycles. The van der Waals surface area contributed by atoms with Crippen molar-refractivity contribution in [3.63, 3.8) is 0 Å². The molecule has 0 N–H and O–H groups in total. The number of ether oxygens (including phenoxy) is 2. The topological polar surface area (TPSA) is 52.6 Å². The Bertz CT molecular complexity index is 163. The van der Waals surface area contributed by atoms with Crippen LogP contribution in [0.15, 0.2) is 0 Å². The van der Waals surface area contributed by atoms with E-state index in [9.17, 15) is 9.59 Å². The van der Waals surface area contributed by atoms with Crippen LogP contribution in [0.1, 0.15) is 13.3 Å². The number of esters is 1. The van der Waals surface area contributed by atoms with Gasteiger partial charge in [-0.25, -0.2) is 0 Å². The molecule has 1 unspecified atom stereocenters. The third kappa shape index (κ3) is 1.80. The minimum atomic E-state index is -0.634. The molecule has 4 heteroatoms. The van der Waals surface area contributed by atoms with Gasteiger partial charge in [0.25, 0.3) is 0 Å². The first-order valence-electron chi connectivity index (χ1n) is 2.99. The zero-order valence-electron chi connectivity index (χ0n) is 5.62. The molecule has 4 nitrogen and oxygen atoms in total. The first-order chi connectivity index (χ1) is 4.68. The van der Waals surface area contributed by atoms with Crippen molar-refractivity contribution in [2.24, 2.45) is 0 Å². The Labute approximate surface area is 58.1 Å². The Hall–Kier alpha value is -0.900. The minimum absolute atomic E-state index is 0.0220. The van der Waals surface area contributed by atoms with E-state index in [1.807, 2.05) is 0 Å². The van der Waals surface area contributed by atoms with Gasteiger partial charge in [0.2, 0.25) is 6.29 Å². The van der Waals surface area contributed by atoms with E-state index in [2.05, 4.69) is 4.74 Å². The highest BCUT2D eigenvalue weighted by atomic mass is 16.7. The van der Waals surface area contributed by atoms with Crippen molar-refractivity contribution >= 4 is 11.8 Å². The number of carbonyl (C=O) groups excluding carboxylic acids is 2. The molecule has 1 saturated heterocycles. The molecule has 0 aromatic rings. The van der Waals surface area contributed by atoms with Crippen molar-refractivity contribution in [2.45, 2.75) is 19.6 Å². The predicted octanol–water partition coefficient (Wildman–Crippen LogP) is -0.135. The number of hydrogen-bond acceptors (Lipinski definition) is 4. The number of carbonyl (C=O) groups is 2. The van der Waals surface area contributed by atoms with E-state index in [4.69, 9.17) is 4.74 Å². The molecule has 1 fully saturated rings. The SMILES string of the molecule is CC(=O)OC1CC(=O)CO1. The zero-order valence-corrected chi connectivity index (χ0v) is 5.62. The Kier molecular flexibility index (Phi) is 2.01. The van der Waals surface area contributed by atoms with Crippen molar-refractivity contribution < 1.29 is 19.1 Å². The van der Waals surface area contributed by atoms with Crippen LogP contribution in [0.3, 0.4) is 0 Å². The molecular weight excluding hydrogens is 136 g/mol. The molecule has 1 atom stereocenters. The van der Waals surface area contributed by atoms with E-state index in [-0.39, 0.29) is 18.8 Å². The molecule has 0 spiro atoms. The van der Waals surface area contributed by atoms with Crippen LogP contribution in [0, 0.1) is 0 Å². The molecular formula is C6H8O4. The van der Waals surface area contributed by atoms with Crippen LogP contribution in [0.5, 0.6) is 0 Å². The fourth-order valence-electron chi connectivity index (χ4n) is 0.750. The molecule has 1 aliphatic rings. The van der Waals surface area contributed by atoms with E-state index < -0.39 is 12.3 Å². The first-order valence-corrected chi connectivity index (χ1v) is 2.99. The van der Waals surface area contributed by atoms with Gasteiger partial charge in [-0.15, -0.1) is 0 Å².